The second kappa shape index (κ2) is 5.50. The Morgan fingerprint density at radius 1 is 1.30 bits per heavy atom. The Hall–Kier alpha value is -2.12. The lowest BCUT2D eigenvalue weighted by molar-refractivity contribution is -0.117. The summed E-state index contributed by atoms with van der Waals surface area (Å²) < 4.78 is 27.2. The molecule has 0 aliphatic carbocycles. The number of sulfonamides is 1. The number of anilines is 2. The molecule has 120 valence electrons. The van der Waals surface area contributed by atoms with Crippen molar-refractivity contribution in [3.8, 4) is 0 Å². The molecular formula is C15H14ClN3O3S. The van der Waals surface area contributed by atoms with Crippen molar-refractivity contribution >= 4 is 38.9 Å². The first-order valence-corrected chi connectivity index (χ1v) is 8.70. The van der Waals surface area contributed by atoms with Crippen LogP contribution < -0.4 is 9.62 Å². The molecule has 1 aromatic carbocycles. The highest BCUT2D eigenvalue weighted by atomic mass is 35.5. The number of carbonyl (C=O) groups excluding carboxylic acids is 1. The third-order valence-electron chi connectivity index (χ3n) is 3.68. The summed E-state index contributed by atoms with van der Waals surface area (Å²) >= 11 is 5.87. The highest BCUT2D eigenvalue weighted by Crippen LogP contribution is 2.36. The van der Waals surface area contributed by atoms with E-state index in [1.807, 2.05) is 0 Å². The van der Waals surface area contributed by atoms with E-state index in [4.69, 9.17) is 11.6 Å². The molecule has 0 saturated carbocycles. The first-order chi connectivity index (χ1) is 10.8. The van der Waals surface area contributed by atoms with Gasteiger partial charge in [-0.05, 0) is 37.6 Å². The Morgan fingerprint density at radius 2 is 2.00 bits per heavy atom. The molecule has 1 aliphatic heterocycles. The molecule has 0 saturated heterocycles. The van der Waals surface area contributed by atoms with Crippen molar-refractivity contribution in [1.29, 1.82) is 0 Å². The number of fused-ring (bicyclic) bond motifs is 1. The number of para-hydroxylation sites is 2. The quantitative estimate of drug-likeness (QED) is 0.843. The molecule has 1 aliphatic rings. The number of hydrogen-bond acceptors (Lipinski definition) is 4. The zero-order valence-electron chi connectivity index (χ0n) is 12.4. The Labute approximate surface area is 139 Å². The minimum absolute atomic E-state index is 0.00393. The molecule has 6 nitrogen and oxygen atoms in total. The van der Waals surface area contributed by atoms with Crippen LogP contribution in [0.2, 0.25) is 5.15 Å². The number of benzene rings is 1. The molecule has 0 fully saturated rings. The number of amides is 1. The molecule has 0 spiro atoms. The molecule has 0 bridgehead atoms. The fourth-order valence-electron chi connectivity index (χ4n) is 2.45. The summed E-state index contributed by atoms with van der Waals surface area (Å²) in [6.45, 7) is 3.22. The summed E-state index contributed by atoms with van der Waals surface area (Å²) in [7, 11) is -3.95. The monoisotopic (exact) mass is 351 g/mol. The maximum absolute atomic E-state index is 13.0. The third kappa shape index (κ3) is 2.55. The molecular weight excluding hydrogens is 338 g/mol. The van der Waals surface area contributed by atoms with E-state index < -0.39 is 16.1 Å². The molecule has 2 heterocycles. The molecule has 2 aromatic rings. The third-order valence-corrected chi connectivity index (χ3v) is 5.92. The van der Waals surface area contributed by atoms with Crippen molar-refractivity contribution in [3.63, 3.8) is 0 Å². The summed E-state index contributed by atoms with van der Waals surface area (Å²) in [4.78, 5) is 16.0. The van der Waals surface area contributed by atoms with Crippen LogP contribution in [0.4, 0.5) is 11.4 Å². The van der Waals surface area contributed by atoms with E-state index in [0.717, 1.165) is 4.31 Å². The molecule has 1 aromatic heterocycles. The van der Waals surface area contributed by atoms with Crippen LogP contribution in [0.15, 0.2) is 41.4 Å². The average molecular weight is 352 g/mol. The smallest absolute Gasteiger partial charge is 0.266 e. The van der Waals surface area contributed by atoms with Gasteiger partial charge in [-0.15, -0.1) is 0 Å². The zero-order chi connectivity index (χ0) is 16.8. The molecule has 8 heteroatoms. The SMILES string of the molecule is Cc1cc(S(=O)(=O)N2c3ccccc3NC(=O)[C@@H]2C)cnc1Cl. The lowest BCUT2D eigenvalue weighted by atomic mass is 10.1. The first-order valence-electron chi connectivity index (χ1n) is 6.89. The van der Waals surface area contributed by atoms with Crippen molar-refractivity contribution in [3.05, 3.63) is 47.2 Å². The van der Waals surface area contributed by atoms with Gasteiger partial charge in [0.1, 0.15) is 16.1 Å². The number of rotatable bonds is 2. The van der Waals surface area contributed by atoms with Crippen LogP contribution in [-0.2, 0) is 14.8 Å². The van der Waals surface area contributed by atoms with Gasteiger partial charge in [-0.3, -0.25) is 9.10 Å². The van der Waals surface area contributed by atoms with E-state index in [1.165, 1.54) is 12.3 Å². The predicted octanol–water partition coefficient (Wildman–Crippen LogP) is 2.58. The fraction of sp³-hybridized carbons (Fsp3) is 0.200. The van der Waals surface area contributed by atoms with E-state index in [9.17, 15) is 13.2 Å². The second-order valence-electron chi connectivity index (χ2n) is 5.26. The number of halogens is 1. The van der Waals surface area contributed by atoms with E-state index in [1.54, 1.807) is 38.1 Å². The Balaban J connectivity index is 2.18. The Bertz CT molecular complexity index is 899. The summed E-state index contributed by atoms with van der Waals surface area (Å²) in [5.74, 6) is -0.383. The molecule has 0 radical (unpaired) electrons. The minimum atomic E-state index is -3.95. The fourth-order valence-corrected chi connectivity index (χ4v) is 4.22. The van der Waals surface area contributed by atoms with Gasteiger partial charge in [0.25, 0.3) is 10.0 Å². The molecule has 0 unspecified atom stereocenters. The molecule has 3 rings (SSSR count). The van der Waals surface area contributed by atoms with E-state index >= 15 is 0 Å². The van der Waals surface area contributed by atoms with Crippen LogP contribution in [-0.4, -0.2) is 25.4 Å². The van der Waals surface area contributed by atoms with Crippen molar-refractivity contribution in [2.75, 3.05) is 9.62 Å². The number of carbonyl (C=O) groups is 1. The van der Waals surface area contributed by atoms with Gasteiger partial charge in [0, 0.05) is 6.20 Å². The standard InChI is InChI=1S/C15H14ClN3O3S/c1-9-7-11(8-17-14(9)16)23(21,22)19-10(2)15(20)18-12-5-3-4-6-13(12)19/h3-8,10H,1-2H3,(H,18,20)/t10-/m0/s1. The van der Waals surface area contributed by atoms with Crippen molar-refractivity contribution in [2.24, 2.45) is 0 Å². The van der Waals surface area contributed by atoms with Crippen LogP contribution in [0.3, 0.4) is 0 Å². The number of aromatic nitrogens is 1. The number of hydrogen-bond donors (Lipinski definition) is 1. The van der Waals surface area contributed by atoms with Crippen molar-refractivity contribution < 1.29 is 13.2 Å². The van der Waals surface area contributed by atoms with Crippen LogP contribution >= 0.6 is 11.6 Å². The molecule has 1 N–H and O–H groups in total. The van der Waals surface area contributed by atoms with Crippen LogP contribution in [0, 0.1) is 6.92 Å². The summed E-state index contributed by atoms with van der Waals surface area (Å²) in [5.41, 5.74) is 1.43. The van der Waals surface area contributed by atoms with Gasteiger partial charge in [0.2, 0.25) is 5.91 Å². The Morgan fingerprint density at radius 3 is 2.70 bits per heavy atom. The maximum atomic E-state index is 13.0. The minimum Gasteiger partial charge on any atom is -0.322 e. The van der Waals surface area contributed by atoms with Gasteiger partial charge >= 0.3 is 0 Å². The Kier molecular flexibility index (Phi) is 3.77. The zero-order valence-corrected chi connectivity index (χ0v) is 14.0. The second-order valence-corrected chi connectivity index (χ2v) is 7.43. The lowest BCUT2D eigenvalue weighted by Gasteiger charge is -2.35. The van der Waals surface area contributed by atoms with Gasteiger partial charge in [0.05, 0.1) is 11.4 Å². The van der Waals surface area contributed by atoms with Gasteiger partial charge in [-0.1, -0.05) is 23.7 Å². The summed E-state index contributed by atoms with van der Waals surface area (Å²) in [6, 6.07) is 7.34. The average Bonchev–Trinajstić information content (AvgIpc) is 2.50. The number of pyridine rings is 1. The molecule has 1 amide bonds. The van der Waals surface area contributed by atoms with Crippen molar-refractivity contribution in [2.45, 2.75) is 24.8 Å². The molecule has 23 heavy (non-hydrogen) atoms. The maximum Gasteiger partial charge on any atom is 0.266 e. The predicted molar refractivity (Wildman–Crippen MR) is 88.2 cm³/mol. The van der Waals surface area contributed by atoms with E-state index in [2.05, 4.69) is 10.3 Å². The topological polar surface area (TPSA) is 79.4 Å². The lowest BCUT2D eigenvalue weighted by Crippen LogP contribution is -2.49. The van der Waals surface area contributed by atoms with Gasteiger partial charge in [-0.2, -0.15) is 0 Å². The normalized spacial score (nSPS) is 17.6. The van der Waals surface area contributed by atoms with Gasteiger partial charge in [0.15, 0.2) is 0 Å². The summed E-state index contributed by atoms with van der Waals surface area (Å²) in [5, 5.41) is 2.95. The highest BCUT2D eigenvalue weighted by molar-refractivity contribution is 7.93. The molecule has 1 atom stereocenters. The van der Waals surface area contributed by atoms with E-state index in [0.29, 0.717) is 16.9 Å². The van der Waals surface area contributed by atoms with E-state index in [-0.39, 0.29) is 16.0 Å². The van der Waals surface area contributed by atoms with Crippen LogP contribution in [0.5, 0.6) is 0 Å². The van der Waals surface area contributed by atoms with Gasteiger partial charge < -0.3 is 5.32 Å². The van der Waals surface area contributed by atoms with Crippen molar-refractivity contribution in [1.82, 2.24) is 4.98 Å². The first kappa shape index (κ1) is 15.8. The number of aryl methyl sites for hydroxylation is 1. The number of nitrogens with zero attached hydrogens (tertiary/aromatic N) is 2. The number of nitrogens with one attached hydrogen (secondary N) is 1. The van der Waals surface area contributed by atoms with Crippen LogP contribution in [0.1, 0.15) is 12.5 Å². The van der Waals surface area contributed by atoms with Gasteiger partial charge in [-0.25, -0.2) is 13.4 Å². The highest BCUT2D eigenvalue weighted by Gasteiger charge is 2.38. The van der Waals surface area contributed by atoms with Crippen LogP contribution in [0.25, 0.3) is 0 Å². The largest absolute Gasteiger partial charge is 0.322 e. The summed E-state index contributed by atoms with van der Waals surface area (Å²) in [6.07, 6.45) is 1.20.